The van der Waals surface area contributed by atoms with Crippen LogP contribution in [0.2, 0.25) is 0 Å². The van der Waals surface area contributed by atoms with Crippen molar-refractivity contribution in [3.63, 3.8) is 0 Å². The molecule has 0 aliphatic heterocycles. The molecule has 1 heterocycles. The quantitative estimate of drug-likeness (QED) is 0.544. The van der Waals surface area contributed by atoms with Gasteiger partial charge in [-0.05, 0) is 43.9 Å². The Morgan fingerprint density at radius 3 is 2.38 bits per heavy atom. The molecule has 0 radical (unpaired) electrons. The zero-order valence-corrected chi connectivity index (χ0v) is 18.5. The number of carbonyl (C=O) groups is 2. The zero-order valence-electron chi connectivity index (χ0n) is 18.5. The van der Waals surface area contributed by atoms with Crippen molar-refractivity contribution in [3.8, 4) is 11.3 Å². The van der Waals surface area contributed by atoms with Crippen LogP contribution in [0.5, 0.6) is 0 Å². The molecule has 1 atom stereocenters. The van der Waals surface area contributed by atoms with Gasteiger partial charge in [0.15, 0.2) is 0 Å². The van der Waals surface area contributed by atoms with Crippen molar-refractivity contribution in [2.45, 2.75) is 51.6 Å². The number of aryl methyl sites for hydroxylation is 1. The van der Waals surface area contributed by atoms with Gasteiger partial charge in [0.25, 0.3) is 11.8 Å². The lowest BCUT2D eigenvalue weighted by molar-refractivity contribution is 0.0938. The molecule has 4 rings (SSSR count). The number of carbonyl (C=O) groups excluding carboxylic acids is 2. The average Bonchev–Trinajstić information content (AvgIpc) is 3.41. The van der Waals surface area contributed by atoms with E-state index in [1.165, 1.54) is 0 Å². The monoisotopic (exact) mass is 431 g/mol. The normalized spacial score (nSPS) is 14.9. The Kier molecular flexibility index (Phi) is 5.99. The van der Waals surface area contributed by atoms with Crippen molar-refractivity contribution in [2.75, 3.05) is 5.73 Å². The van der Waals surface area contributed by atoms with Crippen LogP contribution in [0, 0.1) is 6.92 Å². The lowest BCUT2D eigenvalue weighted by atomic mass is 10.0. The van der Waals surface area contributed by atoms with Crippen LogP contribution < -0.4 is 16.8 Å². The van der Waals surface area contributed by atoms with E-state index in [4.69, 9.17) is 11.5 Å². The molecule has 1 aliphatic rings. The van der Waals surface area contributed by atoms with E-state index in [1.807, 2.05) is 62.4 Å². The SMILES string of the molecule is Cc1ccccc1C(=O)NC(C)c1ccc(-c2nn(C3CCCC3)c(N)c2C(N)=O)cc1. The van der Waals surface area contributed by atoms with Gasteiger partial charge in [-0.2, -0.15) is 5.10 Å². The fourth-order valence-electron chi connectivity index (χ4n) is 4.43. The number of nitrogens with zero attached hydrogens (tertiary/aromatic N) is 2. The highest BCUT2D eigenvalue weighted by atomic mass is 16.2. The molecule has 1 aliphatic carbocycles. The highest BCUT2D eigenvalue weighted by Crippen LogP contribution is 2.35. The minimum atomic E-state index is -0.579. The molecule has 1 fully saturated rings. The van der Waals surface area contributed by atoms with Gasteiger partial charge in [0, 0.05) is 11.1 Å². The minimum absolute atomic E-state index is 0.112. The van der Waals surface area contributed by atoms with Crippen LogP contribution in [0.1, 0.15) is 76.5 Å². The number of nitrogen functional groups attached to an aromatic ring is 1. The molecule has 1 unspecified atom stereocenters. The number of nitrogens with two attached hydrogens (primary N) is 2. The molecule has 5 N–H and O–H groups in total. The number of hydrogen-bond acceptors (Lipinski definition) is 4. The molecule has 2 aromatic carbocycles. The van der Waals surface area contributed by atoms with Crippen LogP contribution >= 0.6 is 0 Å². The summed E-state index contributed by atoms with van der Waals surface area (Å²) in [6.07, 6.45) is 4.26. The molecule has 7 nitrogen and oxygen atoms in total. The first-order chi connectivity index (χ1) is 15.4. The molecule has 1 saturated carbocycles. The van der Waals surface area contributed by atoms with Crippen LogP contribution in [0.3, 0.4) is 0 Å². The molecule has 32 heavy (non-hydrogen) atoms. The van der Waals surface area contributed by atoms with E-state index in [-0.39, 0.29) is 23.6 Å². The summed E-state index contributed by atoms with van der Waals surface area (Å²) in [6, 6.07) is 15.1. The molecule has 0 spiro atoms. The van der Waals surface area contributed by atoms with Crippen LogP contribution in [0.4, 0.5) is 5.82 Å². The van der Waals surface area contributed by atoms with E-state index in [2.05, 4.69) is 10.4 Å². The number of aromatic nitrogens is 2. The standard InChI is InChI=1S/C25H29N5O2/c1-15-7-3-6-10-20(15)25(32)28-16(2)17-11-13-18(14-12-17)22-21(24(27)31)23(26)30(29-22)19-8-4-5-9-19/h3,6-7,10-14,16,19H,4-5,8-9,26H2,1-2H3,(H2,27,31)(H,28,32). The minimum Gasteiger partial charge on any atom is -0.383 e. The molecule has 3 aromatic rings. The second-order valence-electron chi connectivity index (χ2n) is 8.49. The highest BCUT2D eigenvalue weighted by Gasteiger charge is 2.27. The first-order valence-electron chi connectivity index (χ1n) is 11.0. The molecule has 0 saturated heterocycles. The van der Waals surface area contributed by atoms with Crippen molar-refractivity contribution in [1.29, 1.82) is 0 Å². The van der Waals surface area contributed by atoms with E-state index in [0.29, 0.717) is 17.1 Å². The maximum Gasteiger partial charge on any atom is 0.254 e. The summed E-state index contributed by atoms with van der Waals surface area (Å²) in [5.41, 5.74) is 16.0. The number of hydrogen-bond donors (Lipinski definition) is 3. The Bertz CT molecular complexity index is 1140. The topological polar surface area (TPSA) is 116 Å². The lowest BCUT2D eigenvalue weighted by Gasteiger charge is -2.16. The Morgan fingerprint density at radius 2 is 1.75 bits per heavy atom. The van der Waals surface area contributed by atoms with E-state index >= 15 is 0 Å². The van der Waals surface area contributed by atoms with Crippen molar-refractivity contribution in [2.24, 2.45) is 5.73 Å². The summed E-state index contributed by atoms with van der Waals surface area (Å²) in [4.78, 5) is 24.8. The second-order valence-corrected chi connectivity index (χ2v) is 8.49. The summed E-state index contributed by atoms with van der Waals surface area (Å²) in [6.45, 7) is 3.86. The predicted molar refractivity (Wildman–Crippen MR) is 125 cm³/mol. The molecular formula is C25H29N5O2. The Balaban J connectivity index is 1.57. The summed E-state index contributed by atoms with van der Waals surface area (Å²) < 4.78 is 1.77. The fraction of sp³-hybridized carbons (Fsp3) is 0.320. The third-order valence-corrected chi connectivity index (χ3v) is 6.29. The number of rotatable bonds is 6. The number of amides is 2. The van der Waals surface area contributed by atoms with Crippen LogP contribution in [0.25, 0.3) is 11.3 Å². The largest absolute Gasteiger partial charge is 0.383 e. The maximum absolute atomic E-state index is 12.6. The van der Waals surface area contributed by atoms with Gasteiger partial charge in [-0.3, -0.25) is 9.59 Å². The van der Waals surface area contributed by atoms with Gasteiger partial charge in [0.05, 0.1) is 12.1 Å². The highest BCUT2D eigenvalue weighted by molar-refractivity contribution is 6.03. The molecule has 166 valence electrons. The lowest BCUT2D eigenvalue weighted by Crippen LogP contribution is -2.27. The van der Waals surface area contributed by atoms with Crippen molar-refractivity contribution < 1.29 is 9.59 Å². The van der Waals surface area contributed by atoms with Gasteiger partial charge in [-0.25, -0.2) is 4.68 Å². The molecule has 2 amide bonds. The van der Waals surface area contributed by atoms with E-state index < -0.39 is 5.91 Å². The second kappa shape index (κ2) is 8.86. The third-order valence-electron chi connectivity index (χ3n) is 6.29. The van der Waals surface area contributed by atoms with Crippen LogP contribution in [-0.2, 0) is 0 Å². The number of nitrogens with one attached hydrogen (secondary N) is 1. The van der Waals surface area contributed by atoms with Gasteiger partial charge in [-0.1, -0.05) is 55.3 Å². The van der Waals surface area contributed by atoms with Gasteiger partial charge < -0.3 is 16.8 Å². The Labute approximate surface area is 187 Å². The van der Waals surface area contributed by atoms with Gasteiger partial charge in [-0.15, -0.1) is 0 Å². The smallest absolute Gasteiger partial charge is 0.254 e. The van der Waals surface area contributed by atoms with E-state index in [9.17, 15) is 9.59 Å². The molecule has 7 heteroatoms. The summed E-state index contributed by atoms with van der Waals surface area (Å²) in [5, 5.41) is 7.72. The fourth-order valence-corrected chi connectivity index (χ4v) is 4.43. The molecular weight excluding hydrogens is 402 g/mol. The first kappa shape index (κ1) is 21.6. The Morgan fingerprint density at radius 1 is 1.09 bits per heavy atom. The van der Waals surface area contributed by atoms with Crippen molar-refractivity contribution in [3.05, 3.63) is 70.8 Å². The van der Waals surface area contributed by atoms with E-state index in [1.54, 1.807) is 4.68 Å². The summed E-state index contributed by atoms with van der Waals surface area (Å²) in [5.74, 6) is -0.356. The number of primary amides is 1. The summed E-state index contributed by atoms with van der Waals surface area (Å²) >= 11 is 0. The van der Waals surface area contributed by atoms with Gasteiger partial charge in [0.2, 0.25) is 0 Å². The zero-order chi connectivity index (χ0) is 22.8. The average molecular weight is 432 g/mol. The predicted octanol–water partition coefficient (Wildman–Crippen LogP) is 4.15. The first-order valence-corrected chi connectivity index (χ1v) is 11.0. The Hall–Kier alpha value is -3.61. The number of benzene rings is 2. The van der Waals surface area contributed by atoms with Gasteiger partial charge >= 0.3 is 0 Å². The molecule has 1 aromatic heterocycles. The van der Waals surface area contributed by atoms with Crippen molar-refractivity contribution >= 4 is 17.6 Å². The maximum atomic E-state index is 12.6. The molecule has 0 bridgehead atoms. The third kappa shape index (κ3) is 4.10. The van der Waals surface area contributed by atoms with E-state index in [0.717, 1.165) is 42.4 Å². The van der Waals surface area contributed by atoms with Crippen LogP contribution in [0.15, 0.2) is 48.5 Å². The van der Waals surface area contributed by atoms with Crippen LogP contribution in [-0.4, -0.2) is 21.6 Å². The van der Waals surface area contributed by atoms with Gasteiger partial charge in [0.1, 0.15) is 17.1 Å². The summed E-state index contributed by atoms with van der Waals surface area (Å²) in [7, 11) is 0. The van der Waals surface area contributed by atoms with Crippen molar-refractivity contribution in [1.82, 2.24) is 15.1 Å². The number of anilines is 1.